The van der Waals surface area contributed by atoms with Crippen LogP contribution in [0.25, 0.3) is 0 Å². The van der Waals surface area contributed by atoms with Crippen molar-refractivity contribution in [2.24, 2.45) is 25.7 Å². The molecule has 0 bridgehead atoms. The number of aryl methyl sites for hydroxylation is 1. The van der Waals surface area contributed by atoms with Gasteiger partial charge in [-0.1, -0.05) is 6.92 Å². The molecule has 2 heterocycles. The highest BCUT2D eigenvalue weighted by Gasteiger charge is 2.26. The van der Waals surface area contributed by atoms with Crippen molar-refractivity contribution in [1.82, 2.24) is 14.3 Å². The lowest BCUT2D eigenvalue weighted by molar-refractivity contribution is 0.395. The number of hydrogen-bond donors (Lipinski definition) is 1. The molecule has 1 aromatic rings. The number of piperidine rings is 1. The lowest BCUT2D eigenvalue weighted by Crippen LogP contribution is -2.51. The SMILES string of the molecule is CC1CC(N)CN(c2nn(C)c(=O)n(C)c2=O)C1. The lowest BCUT2D eigenvalue weighted by atomic mass is 9.97. The third kappa shape index (κ3) is 2.17. The second-order valence-electron chi connectivity index (χ2n) is 5.10. The van der Waals surface area contributed by atoms with E-state index in [4.69, 9.17) is 5.73 Å². The predicted molar refractivity (Wildman–Crippen MR) is 68.7 cm³/mol. The summed E-state index contributed by atoms with van der Waals surface area (Å²) in [7, 11) is 3.00. The fourth-order valence-corrected chi connectivity index (χ4v) is 2.45. The van der Waals surface area contributed by atoms with Gasteiger partial charge in [0.25, 0.3) is 5.56 Å². The molecule has 0 amide bonds. The zero-order valence-electron chi connectivity index (χ0n) is 11.0. The molecule has 1 fully saturated rings. The number of hydrogen-bond acceptors (Lipinski definition) is 5. The van der Waals surface area contributed by atoms with E-state index in [0.29, 0.717) is 18.3 Å². The Labute approximate surface area is 105 Å². The number of anilines is 1. The summed E-state index contributed by atoms with van der Waals surface area (Å²) in [4.78, 5) is 25.5. The zero-order chi connectivity index (χ0) is 13.4. The second-order valence-corrected chi connectivity index (χ2v) is 5.10. The topological polar surface area (TPSA) is 86.2 Å². The third-order valence-electron chi connectivity index (χ3n) is 3.30. The first-order chi connectivity index (χ1) is 8.40. The van der Waals surface area contributed by atoms with Gasteiger partial charge in [0.05, 0.1) is 0 Å². The summed E-state index contributed by atoms with van der Waals surface area (Å²) in [6, 6.07) is 0.0393. The third-order valence-corrected chi connectivity index (χ3v) is 3.30. The molecule has 2 N–H and O–H groups in total. The first-order valence-electron chi connectivity index (χ1n) is 6.05. The Kier molecular flexibility index (Phi) is 3.25. The molecule has 2 unspecified atom stereocenters. The van der Waals surface area contributed by atoms with Crippen molar-refractivity contribution in [3.63, 3.8) is 0 Å². The van der Waals surface area contributed by atoms with Crippen LogP contribution in [-0.2, 0) is 14.1 Å². The molecule has 0 aliphatic carbocycles. The Balaban J connectivity index is 2.45. The molecule has 0 saturated carbocycles. The minimum atomic E-state index is -0.418. The standard InChI is InChI=1S/C11H19N5O2/c1-7-4-8(12)6-16(5-7)9-10(17)14(2)11(18)15(3)13-9/h7-8H,4-6,12H2,1-3H3. The molecule has 1 aliphatic rings. The number of nitrogens with two attached hydrogens (primary N) is 1. The smallest absolute Gasteiger partial charge is 0.346 e. The Morgan fingerprint density at radius 1 is 1.28 bits per heavy atom. The molecule has 0 spiro atoms. The monoisotopic (exact) mass is 253 g/mol. The average molecular weight is 253 g/mol. The van der Waals surface area contributed by atoms with Crippen molar-refractivity contribution < 1.29 is 0 Å². The van der Waals surface area contributed by atoms with Gasteiger partial charge in [-0.2, -0.15) is 0 Å². The van der Waals surface area contributed by atoms with E-state index >= 15 is 0 Å². The van der Waals surface area contributed by atoms with Crippen molar-refractivity contribution in [2.45, 2.75) is 19.4 Å². The molecule has 2 rings (SSSR count). The number of rotatable bonds is 1. The maximum atomic E-state index is 12.1. The summed E-state index contributed by atoms with van der Waals surface area (Å²) in [5, 5.41) is 4.07. The van der Waals surface area contributed by atoms with Crippen molar-refractivity contribution >= 4 is 5.82 Å². The van der Waals surface area contributed by atoms with E-state index in [1.165, 1.54) is 11.7 Å². The van der Waals surface area contributed by atoms with E-state index in [-0.39, 0.29) is 11.6 Å². The quantitative estimate of drug-likeness (QED) is 0.669. The van der Waals surface area contributed by atoms with Crippen LogP contribution < -0.4 is 21.9 Å². The first-order valence-corrected chi connectivity index (χ1v) is 6.05. The maximum Gasteiger partial charge on any atom is 0.346 e. The molecular formula is C11H19N5O2. The molecule has 0 radical (unpaired) electrons. The van der Waals surface area contributed by atoms with Crippen LogP contribution in [-0.4, -0.2) is 33.5 Å². The summed E-state index contributed by atoms with van der Waals surface area (Å²) < 4.78 is 2.26. The Bertz CT molecular complexity index is 552. The fourth-order valence-electron chi connectivity index (χ4n) is 2.45. The van der Waals surface area contributed by atoms with Gasteiger partial charge >= 0.3 is 5.69 Å². The van der Waals surface area contributed by atoms with Gasteiger partial charge in [-0.25, -0.2) is 9.48 Å². The molecule has 2 atom stereocenters. The van der Waals surface area contributed by atoms with Crippen molar-refractivity contribution in [2.75, 3.05) is 18.0 Å². The van der Waals surface area contributed by atoms with E-state index in [1.54, 1.807) is 7.05 Å². The fraction of sp³-hybridized carbons (Fsp3) is 0.727. The molecule has 18 heavy (non-hydrogen) atoms. The predicted octanol–water partition coefficient (Wildman–Crippen LogP) is -1.35. The molecule has 7 heteroatoms. The van der Waals surface area contributed by atoms with E-state index < -0.39 is 5.69 Å². The van der Waals surface area contributed by atoms with Crippen LogP contribution in [0.2, 0.25) is 0 Å². The number of aromatic nitrogens is 3. The minimum Gasteiger partial charge on any atom is -0.349 e. The molecule has 1 aromatic heterocycles. The van der Waals surface area contributed by atoms with E-state index in [9.17, 15) is 9.59 Å². The van der Waals surface area contributed by atoms with E-state index in [2.05, 4.69) is 12.0 Å². The van der Waals surface area contributed by atoms with Gasteiger partial charge in [0.2, 0.25) is 5.82 Å². The Hall–Kier alpha value is -1.63. The van der Waals surface area contributed by atoms with Crippen LogP contribution in [0.1, 0.15) is 13.3 Å². The normalized spacial score (nSPS) is 24.3. The van der Waals surface area contributed by atoms with E-state index in [1.807, 2.05) is 4.90 Å². The van der Waals surface area contributed by atoms with Gasteiger partial charge < -0.3 is 10.6 Å². The van der Waals surface area contributed by atoms with Crippen LogP contribution in [0.4, 0.5) is 5.82 Å². The van der Waals surface area contributed by atoms with Crippen molar-refractivity contribution in [3.8, 4) is 0 Å². The minimum absolute atomic E-state index is 0.0393. The Morgan fingerprint density at radius 3 is 2.56 bits per heavy atom. The highest BCUT2D eigenvalue weighted by atomic mass is 16.2. The van der Waals surface area contributed by atoms with Gasteiger partial charge in [-0.15, -0.1) is 5.10 Å². The van der Waals surface area contributed by atoms with Crippen LogP contribution in [0.3, 0.4) is 0 Å². The molecule has 0 aromatic carbocycles. The summed E-state index contributed by atoms with van der Waals surface area (Å²) in [5.41, 5.74) is 5.18. The van der Waals surface area contributed by atoms with E-state index in [0.717, 1.165) is 17.5 Å². The lowest BCUT2D eigenvalue weighted by Gasteiger charge is -2.35. The average Bonchev–Trinajstić information content (AvgIpc) is 2.30. The van der Waals surface area contributed by atoms with Gasteiger partial charge in [0.1, 0.15) is 0 Å². The summed E-state index contributed by atoms with van der Waals surface area (Å²) in [6.45, 7) is 3.44. The van der Waals surface area contributed by atoms with Gasteiger partial charge in [0, 0.05) is 33.2 Å². The molecule has 7 nitrogen and oxygen atoms in total. The Morgan fingerprint density at radius 2 is 1.94 bits per heavy atom. The van der Waals surface area contributed by atoms with Crippen molar-refractivity contribution in [1.29, 1.82) is 0 Å². The number of nitrogens with zero attached hydrogens (tertiary/aromatic N) is 4. The molecule has 100 valence electrons. The second kappa shape index (κ2) is 4.56. The summed E-state index contributed by atoms with van der Waals surface area (Å²) in [5.74, 6) is 0.721. The van der Waals surface area contributed by atoms with Gasteiger partial charge in [-0.3, -0.25) is 9.36 Å². The van der Waals surface area contributed by atoms with Crippen LogP contribution in [0.15, 0.2) is 9.59 Å². The van der Waals surface area contributed by atoms with Crippen LogP contribution >= 0.6 is 0 Å². The van der Waals surface area contributed by atoms with Crippen LogP contribution in [0.5, 0.6) is 0 Å². The molecule has 1 saturated heterocycles. The van der Waals surface area contributed by atoms with Crippen molar-refractivity contribution in [3.05, 3.63) is 20.8 Å². The summed E-state index contributed by atoms with van der Waals surface area (Å²) >= 11 is 0. The van der Waals surface area contributed by atoms with Gasteiger partial charge in [0.15, 0.2) is 0 Å². The maximum absolute atomic E-state index is 12.1. The summed E-state index contributed by atoms with van der Waals surface area (Å²) in [6.07, 6.45) is 0.947. The zero-order valence-corrected chi connectivity index (χ0v) is 11.0. The highest BCUT2D eigenvalue weighted by Crippen LogP contribution is 2.17. The van der Waals surface area contributed by atoms with Gasteiger partial charge in [-0.05, 0) is 12.3 Å². The molecular weight excluding hydrogens is 234 g/mol. The van der Waals surface area contributed by atoms with Crippen LogP contribution in [0, 0.1) is 5.92 Å². The largest absolute Gasteiger partial charge is 0.349 e. The highest BCUT2D eigenvalue weighted by molar-refractivity contribution is 5.36. The first kappa shape index (κ1) is 12.8. The molecule has 1 aliphatic heterocycles.